The van der Waals surface area contributed by atoms with E-state index in [2.05, 4.69) is 22.0 Å². The van der Waals surface area contributed by atoms with E-state index < -0.39 is 5.66 Å². The Bertz CT molecular complexity index is 850. The molecule has 1 spiro atoms. The van der Waals surface area contributed by atoms with Crippen LogP contribution in [0.2, 0.25) is 0 Å². The smallest absolute Gasteiger partial charge is 0.227 e. The van der Waals surface area contributed by atoms with Gasteiger partial charge in [0.1, 0.15) is 5.66 Å². The molecule has 1 aliphatic carbocycles. The third-order valence-electron chi connectivity index (χ3n) is 6.37. The van der Waals surface area contributed by atoms with E-state index in [1.807, 2.05) is 4.90 Å². The van der Waals surface area contributed by atoms with Gasteiger partial charge >= 0.3 is 0 Å². The van der Waals surface area contributed by atoms with Crippen molar-refractivity contribution in [3.05, 3.63) is 23.3 Å². The number of rotatable bonds is 1. The Morgan fingerprint density at radius 2 is 1.70 bits per heavy atom. The minimum Gasteiger partial charge on any atom is -0.369 e. The molecule has 7 heteroatoms. The molecule has 0 saturated heterocycles. The van der Waals surface area contributed by atoms with E-state index in [0.717, 1.165) is 62.9 Å². The fourth-order valence-corrected chi connectivity index (χ4v) is 5.26. The lowest BCUT2D eigenvalue weighted by molar-refractivity contribution is -0.119. The number of aliphatic imine (C=N–C) groups is 2. The average molecular weight is 366 g/mol. The molecule has 1 aromatic rings. The number of carbonyl (C=O) groups excluding carboxylic acids is 1. The molecule has 4 aliphatic rings. The summed E-state index contributed by atoms with van der Waals surface area (Å²) in [5.74, 6) is 0.953. The van der Waals surface area contributed by atoms with Gasteiger partial charge in [0.25, 0.3) is 0 Å². The highest BCUT2D eigenvalue weighted by molar-refractivity contribution is 6.06. The molecule has 4 N–H and O–H groups in total. The molecule has 27 heavy (non-hydrogen) atoms. The number of carbonyl (C=O) groups is 1. The summed E-state index contributed by atoms with van der Waals surface area (Å²) < 4.78 is 0. The molecule has 0 aromatic heterocycles. The lowest BCUT2D eigenvalue weighted by Gasteiger charge is -2.46. The normalized spacial score (nSPS) is 23.8. The predicted octanol–water partition coefficient (Wildman–Crippen LogP) is 2.02. The Morgan fingerprint density at radius 1 is 0.963 bits per heavy atom. The Balaban J connectivity index is 1.64. The summed E-state index contributed by atoms with van der Waals surface area (Å²) in [7, 11) is 0. The number of amides is 1. The maximum Gasteiger partial charge on any atom is 0.227 e. The number of hydrogen-bond donors (Lipinski definition) is 2. The van der Waals surface area contributed by atoms with Crippen LogP contribution in [0.4, 0.5) is 11.4 Å². The highest BCUT2D eigenvalue weighted by Gasteiger charge is 2.43. The molecule has 0 radical (unpaired) electrons. The molecule has 7 nitrogen and oxygen atoms in total. The molecule has 3 heterocycles. The average Bonchev–Trinajstić information content (AvgIpc) is 2.64. The summed E-state index contributed by atoms with van der Waals surface area (Å²) >= 11 is 0. The van der Waals surface area contributed by atoms with Crippen molar-refractivity contribution in [3.8, 4) is 0 Å². The van der Waals surface area contributed by atoms with Crippen molar-refractivity contribution in [2.24, 2.45) is 21.5 Å². The topological polar surface area (TPSA) is 100 Å². The largest absolute Gasteiger partial charge is 0.369 e. The second-order valence-corrected chi connectivity index (χ2v) is 8.08. The summed E-state index contributed by atoms with van der Waals surface area (Å²) in [6, 6.07) is 4.39. The van der Waals surface area contributed by atoms with Crippen molar-refractivity contribution in [3.63, 3.8) is 0 Å². The Hall–Kier alpha value is -2.57. The van der Waals surface area contributed by atoms with Crippen LogP contribution in [0.3, 0.4) is 0 Å². The van der Waals surface area contributed by atoms with Gasteiger partial charge in [-0.3, -0.25) is 9.69 Å². The molecule has 142 valence electrons. The predicted molar refractivity (Wildman–Crippen MR) is 107 cm³/mol. The third kappa shape index (κ3) is 2.51. The maximum atomic E-state index is 12.3. The Morgan fingerprint density at radius 3 is 2.48 bits per heavy atom. The first kappa shape index (κ1) is 16.6. The molecule has 3 aliphatic heterocycles. The lowest BCUT2D eigenvalue weighted by atomic mass is 9.86. The minimum atomic E-state index is -0.423. The van der Waals surface area contributed by atoms with E-state index in [1.165, 1.54) is 17.5 Å². The summed E-state index contributed by atoms with van der Waals surface area (Å²) in [5.41, 5.74) is 16.6. The highest BCUT2D eigenvalue weighted by Crippen LogP contribution is 2.43. The van der Waals surface area contributed by atoms with Gasteiger partial charge in [-0.1, -0.05) is 6.42 Å². The number of aryl methyl sites for hydroxylation is 2. The van der Waals surface area contributed by atoms with E-state index in [0.29, 0.717) is 12.4 Å². The van der Waals surface area contributed by atoms with Crippen molar-refractivity contribution in [1.82, 2.24) is 0 Å². The van der Waals surface area contributed by atoms with E-state index >= 15 is 0 Å². The zero-order valence-corrected chi connectivity index (χ0v) is 15.6. The van der Waals surface area contributed by atoms with Crippen LogP contribution in [0.1, 0.15) is 56.1 Å². The molecule has 1 aromatic carbocycles. The monoisotopic (exact) mass is 366 g/mol. The molecule has 1 fully saturated rings. The van der Waals surface area contributed by atoms with E-state index in [9.17, 15) is 4.79 Å². The zero-order valence-electron chi connectivity index (χ0n) is 15.6. The first-order valence-electron chi connectivity index (χ1n) is 10.0. The molecule has 0 bridgehead atoms. The van der Waals surface area contributed by atoms with Gasteiger partial charge < -0.3 is 16.4 Å². The first-order chi connectivity index (χ1) is 13.1. The second kappa shape index (κ2) is 5.97. The number of guanidine groups is 2. The number of hydrogen-bond acceptors (Lipinski definition) is 6. The standard InChI is InChI=1S/C20H26N6O/c21-18-23-19(22)26(20(24-18)8-2-1-3-9-20)15-11-13-5-4-10-25-16(27)7-6-14(12-15)17(13)25/h11-12H,1-10H2,(H4,21,22,23,24). The minimum absolute atomic E-state index is 0.247. The fraction of sp³-hybridized carbons (Fsp3) is 0.550. The summed E-state index contributed by atoms with van der Waals surface area (Å²) in [6.07, 6.45) is 8.66. The molecule has 0 unspecified atom stereocenters. The van der Waals surface area contributed by atoms with E-state index in [1.54, 1.807) is 0 Å². The van der Waals surface area contributed by atoms with Gasteiger partial charge in [0, 0.05) is 18.7 Å². The first-order valence-corrected chi connectivity index (χ1v) is 10.0. The van der Waals surface area contributed by atoms with E-state index in [-0.39, 0.29) is 11.9 Å². The molecular weight excluding hydrogens is 340 g/mol. The number of benzene rings is 1. The van der Waals surface area contributed by atoms with Gasteiger partial charge in [-0.05, 0) is 68.2 Å². The van der Waals surface area contributed by atoms with Crippen molar-refractivity contribution in [2.75, 3.05) is 16.3 Å². The lowest BCUT2D eigenvalue weighted by Crippen LogP contribution is -2.58. The fourth-order valence-electron chi connectivity index (χ4n) is 5.26. The van der Waals surface area contributed by atoms with Gasteiger partial charge in [-0.25, -0.2) is 4.99 Å². The van der Waals surface area contributed by atoms with Crippen molar-refractivity contribution < 1.29 is 4.79 Å². The maximum absolute atomic E-state index is 12.3. The van der Waals surface area contributed by atoms with Crippen LogP contribution in [0.25, 0.3) is 0 Å². The Labute approximate surface area is 159 Å². The zero-order chi connectivity index (χ0) is 18.6. The third-order valence-corrected chi connectivity index (χ3v) is 6.37. The van der Waals surface area contributed by atoms with Crippen LogP contribution in [-0.2, 0) is 17.6 Å². The van der Waals surface area contributed by atoms with Crippen LogP contribution in [0.5, 0.6) is 0 Å². The van der Waals surface area contributed by atoms with Gasteiger partial charge in [-0.15, -0.1) is 0 Å². The molecular formula is C20H26N6O. The molecule has 1 saturated carbocycles. The number of nitrogens with two attached hydrogens (primary N) is 2. The Kier molecular flexibility index (Phi) is 3.67. The SMILES string of the molecule is NC1=NC2(CCCCC2)N(c2cc3c4c(c2)CCC(=O)N4CCC3)C(N)=N1. The molecule has 0 atom stereocenters. The van der Waals surface area contributed by atoms with Crippen LogP contribution in [0, 0.1) is 0 Å². The van der Waals surface area contributed by atoms with Crippen molar-refractivity contribution >= 4 is 29.2 Å². The van der Waals surface area contributed by atoms with E-state index in [4.69, 9.17) is 16.5 Å². The van der Waals surface area contributed by atoms with Gasteiger partial charge in [0.15, 0.2) is 0 Å². The number of anilines is 2. The summed E-state index contributed by atoms with van der Waals surface area (Å²) in [4.78, 5) is 25.5. The van der Waals surface area contributed by atoms with Crippen LogP contribution in [-0.4, -0.2) is 30.0 Å². The van der Waals surface area contributed by atoms with Crippen molar-refractivity contribution in [1.29, 1.82) is 0 Å². The van der Waals surface area contributed by atoms with Crippen LogP contribution >= 0.6 is 0 Å². The highest BCUT2D eigenvalue weighted by atomic mass is 16.2. The quantitative estimate of drug-likeness (QED) is 0.794. The van der Waals surface area contributed by atoms with Gasteiger partial charge in [0.2, 0.25) is 17.8 Å². The summed E-state index contributed by atoms with van der Waals surface area (Å²) in [6.45, 7) is 0.830. The van der Waals surface area contributed by atoms with Crippen LogP contribution < -0.4 is 21.3 Å². The summed E-state index contributed by atoms with van der Waals surface area (Å²) in [5, 5.41) is 0. The van der Waals surface area contributed by atoms with Gasteiger partial charge in [0.05, 0.1) is 5.69 Å². The van der Waals surface area contributed by atoms with Gasteiger partial charge in [-0.2, -0.15) is 4.99 Å². The van der Waals surface area contributed by atoms with Crippen molar-refractivity contribution in [2.45, 2.75) is 63.5 Å². The van der Waals surface area contributed by atoms with Crippen LogP contribution in [0.15, 0.2) is 22.1 Å². The number of nitrogens with zero attached hydrogens (tertiary/aromatic N) is 4. The molecule has 5 rings (SSSR count). The second-order valence-electron chi connectivity index (χ2n) is 8.08. The molecule has 1 amide bonds.